The quantitative estimate of drug-likeness (QED) is 0.785. The van der Waals surface area contributed by atoms with E-state index in [4.69, 9.17) is 9.47 Å². The first kappa shape index (κ1) is 16.4. The summed E-state index contributed by atoms with van der Waals surface area (Å²) in [5.74, 6) is 0.611. The fourth-order valence-electron chi connectivity index (χ4n) is 3.21. The van der Waals surface area contributed by atoms with E-state index >= 15 is 0 Å². The van der Waals surface area contributed by atoms with E-state index in [1.165, 1.54) is 0 Å². The van der Waals surface area contributed by atoms with Crippen LogP contribution in [-0.2, 0) is 15.1 Å². The molecule has 1 atom stereocenters. The third kappa shape index (κ3) is 2.73. The molecule has 1 saturated heterocycles. The average Bonchev–Trinajstić information content (AvgIpc) is 2.55. The lowest BCUT2D eigenvalue weighted by Crippen LogP contribution is -2.63. The summed E-state index contributed by atoms with van der Waals surface area (Å²) in [5, 5.41) is 0. The molecule has 0 unspecified atom stereocenters. The zero-order valence-corrected chi connectivity index (χ0v) is 14.4. The van der Waals surface area contributed by atoms with Crippen molar-refractivity contribution in [2.45, 2.75) is 31.9 Å². The van der Waals surface area contributed by atoms with E-state index in [1.807, 2.05) is 68.4 Å². The van der Waals surface area contributed by atoms with Crippen LogP contribution in [0.1, 0.15) is 25.8 Å². The Labute approximate surface area is 143 Å². The molecule has 0 bridgehead atoms. The second-order valence-electron chi connectivity index (χ2n) is 6.28. The predicted molar refractivity (Wildman–Crippen MR) is 94.3 cm³/mol. The van der Waals surface area contributed by atoms with Gasteiger partial charge in [-0.25, -0.2) is 4.79 Å². The van der Waals surface area contributed by atoms with Gasteiger partial charge in [-0.05, 0) is 43.7 Å². The van der Waals surface area contributed by atoms with Crippen LogP contribution < -0.4 is 9.64 Å². The lowest BCUT2D eigenvalue weighted by Gasteiger charge is -2.52. The molecule has 24 heavy (non-hydrogen) atoms. The molecule has 0 aliphatic carbocycles. The molecule has 3 rings (SSSR count). The Hall–Kier alpha value is -2.49. The first-order valence-corrected chi connectivity index (χ1v) is 8.26. The lowest BCUT2D eigenvalue weighted by atomic mass is 9.77. The largest absolute Gasteiger partial charge is 0.497 e. The Morgan fingerprint density at radius 1 is 1.08 bits per heavy atom. The van der Waals surface area contributed by atoms with Gasteiger partial charge in [0, 0.05) is 18.7 Å². The summed E-state index contributed by atoms with van der Waals surface area (Å²) in [4.78, 5) is 15.1. The normalized spacial score (nSPS) is 19.8. The molecule has 2 aromatic rings. The molecule has 0 saturated carbocycles. The van der Waals surface area contributed by atoms with E-state index in [-0.39, 0.29) is 12.1 Å². The Morgan fingerprint density at radius 3 is 2.25 bits per heavy atom. The molecule has 1 aliphatic heterocycles. The van der Waals surface area contributed by atoms with Crippen molar-refractivity contribution in [1.29, 1.82) is 0 Å². The Kier molecular flexibility index (Phi) is 4.47. The van der Waals surface area contributed by atoms with Gasteiger partial charge in [0.15, 0.2) is 5.54 Å². The van der Waals surface area contributed by atoms with Crippen LogP contribution in [0, 0.1) is 0 Å². The summed E-state index contributed by atoms with van der Waals surface area (Å²) >= 11 is 0. The van der Waals surface area contributed by atoms with Crippen LogP contribution in [0.3, 0.4) is 0 Å². The van der Waals surface area contributed by atoms with E-state index in [0.717, 1.165) is 30.0 Å². The highest BCUT2D eigenvalue weighted by molar-refractivity contribution is 5.89. The molecule has 0 aromatic heterocycles. The maximum atomic E-state index is 13.0. The molecular weight excluding hydrogens is 302 g/mol. The smallest absolute Gasteiger partial charge is 0.337 e. The van der Waals surface area contributed by atoms with Gasteiger partial charge in [0.2, 0.25) is 0 Å². The van der Waals surface area contributed by atoms with Crippen LogP contribution in [0.4, 0.5) is 5.69 Å². The second-order valence-corrected chi connectivity index (χ2v) is 6.28. The van der Waals surface area contributed by atoms with Gasteiger partial charge in [-0.15, -0.1) is 0 Å². The minimum atomic E-state index is -0.750. The Balaban J connectivity index is 2.00. The van der Waals surface area contributed by atoms with Crippen molar-refractivity contribution in [3.05, 3.63) is 60.2 Å². The standard InChI is InChI=1S/C20H23NO3/c1-15(2)24-19(22)20(16-7-5-4-6-8-16)13-14-21(20)17-9-11-18(23-3)12-10-17/h4-12,15H,13-14H2,1-3H3/t20-/m0/s1. The maximum absolute atomic E-state index is 13.0. The van der Waals surface area contributed by atoms with E-state index < -0.39 is 5.54 Å². The number of hydrogen-bond donors (Lipinski definition) is 0. The minimum Gasteiger partial charge on any atom is -0.497 e. The number of nitrogens with zero attached hydrogens (tertiary/aromatic N) is 1. The average molecular weight is 325 g/mol. The van der Waals surface area contributed by atoms with Gasteiger partial charge in [0.25, 0.3) is 0 Å². The number of benzene rings is 2. The highest BCUT2D eigenvalue weighted by Crippen LogP contribution is 2.45. The van der Waals surface area contributed by atoms with E-state index in [9.17, 15) is 4.79 Å². The fourth-order valence-corrected chi connectivity index (χ4v) is 3.21. The topological polar surface area (TPSA) is 38.8 Å². The first-order valence-electron chi connectivity index (χ1n) is 8.26. The molecular formula is C20H23NO3. The van der Waals surface area contributed by atoms with Crippen molar-refractivity contribution in [3.63, 3.8) is 0 Å². The van der Waals surface area contributed by atoms with E-state index in [0.29, 0.717) is 0 Å². The summed E-state index contributed by atoms with van der Waals surface area (Å²) in [7, 11) is 1.65. The SMILES string of the molecule is COc1ccc(N2CC[C@@]2(C(=O)OC(C)C)c2ccccc2)cc1. The van der Waals surface area contributed by atoms with Gasteiger partial charge in [-0.1, -0.05) is 30.3 Å². The summed E-state index contributed by atoms with van der Waals surface area (Å²) in [5.41, 5.74) is 1.21. The predicted octanol–water partition coefficient (Wildman–Crippen LogP) is 3.75. The van der Waals surface area contributed by atoms with Crippen molar-refractivity contribution in [3.8, 4) is 5.75 Å². The lowest BCUT2D eigenvalue weighted by molar-refractivity contribution is -0.157. The number of methoxy groups -OCH3 is 1. The number of carbonyl (C=O) groups excluding carboxylic acids is 1. The zero-order chi connectivity index (χ0) is 17.2. The first-order chi connectivity index (χ1) is 11.6. The van der Waals surface area contributed by atoms with Crippen molar-refractivity contribution in [1.82, 2.24) is 0 Å². The molecule has 0 N–H and O–H groups in total. The fraction of sp³-hybridized carbons (Fsp3) is 0.350. The van der Waals surface area contributed by atoms with Gasteiger partial charge in [0.05, 0.1) is 13.2 Å². The molecule has 126 valence electrons. The van der Waals surface area contributed by atoms with Crippen LogP contribution in [0.2, 0.25) is 0 Å². The number of ether oxygens (including phenoxy) is 2. The van der Waals surface area contributed by atoms with Crippen molar-refractivity contribution in [2.24, 2.45) is 0 Å². The number of carbonyl (C=O) groups is 1. The van der Waals surface area contributed by atoms with Gasteiger partial charge < -0.3 is 14.4 Å². The Bertz CT molecular complexity index is 697. The molecule has 4 nitrogen and oxygen atoms in total. The molecule has 2 aromatic carbocycles. The summed E-state index contributed by atoms with van der Waals surface area (Å²) in [6.07, 6.45) is 0.602. The minimum absolute atomic E-state index is 0.142. The van der Waals surface area contributed by atoms with E-state index in [2.05, 4.69) is 4.90 Å². The third-order valence-corrected chi connectivity index (χ3v) is 4.47. The number of esters is 1. The van der Waals surface area contributed by atoms with Crippen molar-refractivity contribution in [2.75, 3.05) is 18.6 Å². The van der Waals surface area contributed by atoms with Crippen molar-refractivity contribution >= 4 is 11.7 Å². The molecule has 0 radical (unpaired) electrons. The number of rotatable bonds is 5. The molecule has 1 fully saturated rings. The Morgan fingerprint density at radius 2 is 1.75 bits per heavy atom. The van der Waals surface area contributed by atoms with Crippen LogP contribution in [0.5, 0.6) is 5.75 Å². The second kappa shape index (κ2) is 6.56. The molecule has 4 heteroatoms. The summed E-state index contributed by atoms with van der Waals surface area (Å²) < 4.78 is 10.8. The highest BCUT2D eigenvalue weighted by atomic mass is 16.5. The number of hydrogen-bond acceptors (Lipinski definition) is 4. The highest BCUT2D eigenvalue weighted by Gasteiger charge is 2.54. The number of anilines is 1. The van der Waals surface area contributed by atoms with Crippen molar-refractivity contribution < 1.29 is 14.3 Å². The van der Waals surface area contributed by atoms with Crippen LogP contribution in [0.15, 0.2) is 54.6 Å². The monoisotopic (exact) mass is 325 g/mol. The zero-order valence-electron chi connectivity index (χ0n) is 14.4. The van der Waals surface area contributed by atoms with Crippen LogP contribution >= 0.6 is 0 Å². The molecule has 0 spiro atoms. The van der Waals surface area contributed by atoms with Gasteiger partial charge in [0.1, 0.15) is 5.75 Å². The van der Waals surface area contributed by atoms with Crippen LogP contribution in [0.25, 0.3) is 0 Å². The van der Waals surface area contributed by atoms with Crippen LogP contribution in [-0.4, -0.2) is 25.7 Å². The molecule has 0 amide bonds. The van der Waals surface area contributed by atoms with Gasteiger partial charge >= 0.3 is 5.97 Å². The third-order valence-electron chi connectivity index (χ3n) is 4.47. The van der Waals surface area contributed by atoms with Gasteiger partial charge in [-0.2, -0.15) is 0 Å². The maximum Gasteiger partial charge on any atom is 0.337 e. The molecule has 1 aliphatic rings. The molecule has 1 heterocycles. The summed E-state index contributed by atoms with van der Waals surface area (Å²) in [6, 6.07) is 17.7. The van der Waals surface area contributed by atoms with Gasteiger partial charge in [-0.3, -0.25) is 0 Å². The van der Waals surface area contributed by atoms with E-state index in [1.54, 1.807) is 7.11 Å². The summed E-state index contributed by atoms with van der Waals surface area (Å²) in [6.45, 7) is 4.58.